The Labute approximate surface area is 265 Å². The van der Waals surface area contributed by atoms with E-state index in [4.69, 9.17) is 21.2 Å². The van der Waals surface area contributed by atoms with Crippen LogP contribution in [0.2, 0.25) is 76.6 Å². The predicted molar refractivity (Wildman–Crippen MR) is 172 cm³/mol. The number of rotatable bonds is 12. The summed E-state index contributed by atoms with van der Waals surface area (Å²) in [6, 6.07) is 0. The Morgan fingerprint density at radius 1 is 0.614 bits per heavy atom. The van der Waals surface area contributed by atoms with Crippen LogP contribution in [0.1, 0.15) is 25.7 Å². The zero-order valence-corrected chi connectivity index (χ0v) is 32.7. The van der Waals surface area contributed by atoms with Gasteiger partial charge in [0.05, 0.1) is 23.7 Å². The van der Waals surface area contributed by atoms with E-state index in [2.05, 4.69) is 45.8 Å². The number of carbonyl (C=O) groups excluding carboxylic acids is 2. The molecule has 0 radical (unpaired) electrons. The van der Waals surface area contributed by atoms with Gasteiger partial charge >= 0.3 is 49.6 Å². The topological polar surface area (TPSA) is 155 Å². The highest BCUT2D eigenvalue weighted by Crippen LogP contribution is 2.64. The van der Waals surface area contributed by atoms with E-state index in [-0.39, 0.29) is 46.6 Å². The van der Waals surface area contributed by atoms with Crippen molar-refractivity contribution in [3.8, 4) is 0 Å². The summed E-state index contributed by atoms with van der Waals surface area (Å²) >= 11 is 0. The molecule has 4 saturated carbocycles. The number of carboxylic acids is 2. The maximum atomic E-state index is 12.8. The van der Waals surface area contributed by atoms with Gasteiger partial charge in [0.2, 0.25) is 0 Å². The maximum absolute atomic E-state index is 12.8. The van der Waals surface area contributed by atoms with Crippen molar-refractivity contribution in [3.05, 3.63) is 0 Å². The first-order valence-corrected chi connectivity index (χ1v) is 30.4. The van der Waals surface area contributed by atoms with Crippen LogP contribution >= 0.6 is 0 Å². The molecule has 5 fully saturated rings. The third-order valence-corrected chi connectivity index (χ3v) is 29.9. The molecule has 12 unspecified atom stereocenters. The Morgan fingerprint density at radius 2 is 1.05 bits per heavy atom. The second-order valence-corrected chi connectivity index (χ2v) is 36.7. The smallest absolute Gasteiger partial charge is 0.319 e. The van der Waals surface area contributed by atoms with Gasteiger partial charge in [-0.25, -0.2) is 0 Å². The molecule has 248 valence electrons. The van der Waals surface area contributed by atoms with Crippen molar-refractivity contribution in [2.24, 2.45) is 47.3 Å². The van der Waals surface area contributed by atoms with Crippen LogP contribution in [0.5, 0.6) is 0 Å². The minimum absolute atomic E-state index is 0.00957. The lowest BCUT2D eigenvalue weighted by molar-refractivity contribution is -0.156. The molecule has 2 N–H and O–H groups in total. The van der Waals surface area contributed by atoms with Crippen LogP contribution in [-0.2, 0) is 40.4 Å². The first-order chi connectivity index (χ1) is 20.0. The highest BCUT2D eigenvalue weighted by atomic mass is 28.5. The zero-order chi connectivity index (χ0) is 32.9. The van der Waals surface area contributed by atoms with Gasteiger partial charge in [-0.3, -0.25) is 19.2 Å². The van der Waals surface area contributed by atoms with Gasteiger partial charge < -0.3 is 31.4 Å². The first-order valence-electron chi connectivity index (χ1n) is 16.0. The van der Waals surface area contributed by atoms with Crippen LogP contribution in [0, 0.1) is 47.3 Å². The Kier molecular flexibility index (Phi) is 8.61. The number of cyclic esters (lactones) is 2. The minimum atomic E-state index is -3.15. The standard InChI is InChI=1S/C28H50O11Si5/c1-40(2,3)36-43(9,19-13-15-11-17(19)23(26(31)32)21(15)25(29)30)38-42(7,8)39-44(10,37-41(4,5)6)20-14-16-12-18(20)24-22(16)27(33)35-28(24)34/h15-24H,11-14H2,1-10H3,(H,29,30)(H,31,32). The van der Waals surface area contributed by atoms with Crippen LogP contribution in [0.25, 0.3) is 0 Å². The lowest BCUT2D eigenvalue weighted by atomic mass is 9.79. The van der Waals surface area contributed by atoms with E-state index in [0.29, 0.717) is 12.8 Å². The molecule has 0 amide bonds. The summed E-state index contributed by atoms with van der Waals surface area (Å²) in [5.41, 5.74) is -0.157. The molecular weight excluding hydrogens is 653 g/mol. The van der Waals surface area contributed by atoms with Gasteiger partial charge in [0, 0.05) is 11.1 Å². The van der Waals surface area contributed by atoms with Gasteiger partial charge in [-0.15, -0.1) is 0 Å². The molecule has 0 aromatic heterocycles. The van der Waals surface area contributed by atoms with Gasteiger partial charge in [0.25, 0.3) is 0 Å². The van der Waals surface area contributed by atoms with Gasteiger partial charge in [0.15, 0.2) is 16.6 Å². The third-order valence-electron chi connectivity index (χ3n) is 10.6. The maximum Gasteiger partial charge on any atom is 0.319 e. The van der Waals surface area contributed by atoms with Crippen LogP contribution in [0.4, 0.5) is 0 Å². The Bertz CT molecular complexity index is 1230. The summed E-state index contributed by atoms with van der Waals surface area (Å²) in [5, 5.41) is 20.0. The van der Waals surface area contributed by atoms with Crippen LogP contribution < -0.4 is 0 Å². The monoisotopic (exact) mass is 702 g/mol. The highest BCUT2D eigenvalue weighted by molar-refractivity contribution is 6.91. The fraction of sp³-hybridized carbons (Fsp3) is 0.857. The van der Waals surface area contributed by atoms with Gasteiger partial charge in [-0.2, -0.15) is 0 Å². The van der Waals surface area contributed by atoms with E-state index in [1.54, 1.807) is 0 Å². The molecule has 0 aromatic rings. The fourth-order valence-electron chi connectivity index (χ4n) is 10.1. The fourth-order valence-corrected chi connectivity index (χ4v) is 35.4. The molecule has 16 heteroatoms. The van der Waals surface area contributed by atoms with Crippen molar-refractivity contribution in [1.29, 1.82) is 0 Å². The van der Waals surface area contributed by atoms with Crippen LogP contribution in [0.15, 0.2) is 0 Å². The predicted octanol–water partition coefficient (Wildman–Crippen LogP) is 5.11. The van der Waals surface area contributed by atoms with E-state index in [0.717, 1.165) is 12.8 Å². The summed E-state index contributed by atoms with van der Waals surface area (Å²) in [5.74, 6) is -6.04. The Balaban J connectivity index is 1.44. The Morgan fingerprint density at radius 3 is 1.52 bits per heavy atom. The van der Waals surface area contributed by atoms with Crippen molar-refractivity contribution < 1.29 is 50.6 Å². The molecule has 1 aliphatic heterocycles. The number of hydrogen-bond donors (Lipinski definition) is 2. The number of carboxylic acid groups (broad SMARTS) is 2. The summed E-state index contributed by atoms with van der Waals surface area (Å²) in [7, 11) is -13.6. The van der Waals surface area contributed by atoms with Crippen molar-refractivity contribution in [3.63, 3.8) is 0 Å². The van der Waals surface area contributed by atoms with Gasteiger partial charge in [-0.1, -0.05) is 0 Å². The SMILES string of the molecule is C[Si](C)(C)O[Si](C)(O[Si](C)(C)O[Si](C)(O[Si](C)(C)C)C1CC2CC1C1C(=O)OC(=O)C21)C1CC2CC1C(C(=O)O)C2C(=O)O. The molecule has 4 aliphatic carbocycles. The average Bonchev–Trinajstić information content (AvgIpc) is 3.60. The second-order valence-electron chi connectivity index (χ2n) is 16.6. The van der Waals surface area contributed by atoms with Gasteiger partial charge in [-0.05, 0) is 115 Å². The molecule has 44 heavy (non-hydrogen) atoms. The lowest BCUT2D eigenvalue weighted by Gasteiger charge is -2.50. The number of fused-ring (bicyclic) bond motifs is 7. The molecule has 5 aliphatic rings. The molecule has 0 spiro atoms. The van der Waals surface area contributed by atoms with Crippen molar-refractivity contribution in [2.45, 2.75) is 102 Å². The number of aliphatic carboxylic acids is 2. The number of carbonyl (C=O) groups is 4. The number of hydrogen-bond acceptors (Lipinski definition) is 9. The summed E-state index contributed by atoms with van der Waals surface area (Å²) in [6.07, 6.45) is 2.68. The van der Waals surface area contributed by atoms with Crippen molar-refractivity contribution >= 4 is 66.2 Å². The van der Waals surface area contributed by atoms with Crippen LogP contribution in [-0.4, -0.2) is 76.4 Å². The average molecular weight is 703 g/mol. The number of esters is 2. The summed E-state index contributed by atoms with van der Waals surface area (Å²) in [4.78, 5) is 49.7. The van der Waals surface area contributed by atoms with E-state index in [9.17, 15) is 29.4 Å². The zero-order valence-electron chi connectivity index (χ0n) is 27.7. The summed E-state index contributed by atoms with van der Waals surface area (Å²) < 4.78 is 33.4. The normalized spacial score (nSPS) is 39.2. The highest BCUT2D eigenvalue weighted by Gasteiger charge is 2.69. The molecule has 0 aromatic carbocycles. The van der Waals surface area contributed by atoms with E-state index in [1.165, 1.54) is 0 Å². The first kappa shape index (κ1) is 34.3. The molecule has 1 heterocycles. The van der Waals surface area contributed by atoms with Gasteiger partial charge in [0.1, 0.15) is 0 Å². The molecule has 5 rings (SSSR count). The molecular formula is C28H50O11Si5. The Hall–Kier alpha value is -0.996. The van der Waals surface area contributed by atoms with E-state index in [1.807, 2.05) is 19.6 Å². The van der Waals surface area contributed by atoms with Crippen LogP contribution in [0.3, 0.4) is 0 Å². The lowest BCUT2D eigenvalue weighted by Crippen LogP contribution is -2.64. The minimum Gasteiger partial charge on any atom is -0.481 e. The molecule has 11 nitrogen and oxygen atoms in total. The summed E-state index contributed by atoms with van der Waals surface area (Å²) in [6.45, 7) is 20.8. The quantitative estimate of drug-likeness (QED) is 0.158. The second kappa shape index (κ2) is 11.0. The molecule has 1 saturated heterocycles. The number of ether oxygens (including phenoxy) is 1. The van der Waals surface area contributed by atoms with Crippen molar-refractivity contribution in [1.82, 2.24) is 0 Å². The largest absolute Gasteiger partial charge is 0.481 e. The van der Waals surface area contributed by atoms with Crippen molar-refractivity contribution in [2.75, 3.05) is 0 Å². The van der Waals surface area contributed by atoms with E-state index < -0.39 is 78.0 Å². The molecule has 12 atom stereocenters. The third kappa shape index (κ3) is 6.18. The van der Waals surface area contributed by atoms with E-state index >= 15 is 0 Å². The molecule has 4 bridgehead atoms.